The summed E-state index contributed by atoms with van der Waals surface area (Å²) >= 11 is 0. The Bertz CT molecular complexity index is 500. The molecule has 0 aliphatic rings. The topological polar surface area (TPSA) is 21.3 Å². The molecule has 2 rings (SSSR count). The highest BCUT2D eigenvalue weighted by atomic mass is 16.5. The van der Waals surface area contributed by atoms with Gasteiger partial charge in [-0.2, -0.15) is 0 Å². The maximum absolute atomic E-state index is 5.21. The average molecular weight is 227 g/mol. The van der Waals surface area contributed by atoms with Gasteiger partial charge in [0, 0.05) is 17.4 Å². The molecule has 0 aliphatic heterocycles. The fourth-order valence-electron chi connectivity index (χ4n) is 1.86. The van der Waals surface area contributed by atoms with E-state index >= 15 is 0 Å². The molecule has 0 fully saturated rings. The summed E-state index contributed by atoms with van der Waals surface area (Å²) in [4.78, 5) is 0. The molecule has 0 aromatic heterocycles. The van der Waals surface area contributed by atoms with Crippen molar-refractivity contribution in [1.29, 1.82) is 0 Å². The third-order valence-corrected chi connectivity index (χ3v) is 2.82. The molecule has 0 saturated heterocycles. The second-order valence-corrected chi connectivity index (χ2v) is 4.12. The lowest BCUT2D eigenvalue weighted by molar-refractivity contribution is 0.415. The van der Waals surface area contributed by atoms with E-state index in [0.717, 1.165) is 11.4 Å². The number of rotatable bonds is 3. The number of aryl methyl sites for hydroxylation is 2. The highest BCUT2D eigenvalue weighted by Gasteiger charge is 2.02. The van der Waals surface area contributed by atoms with Crippen molar-refractivity contribution < 1.29 is 4.74 Å². The molecule has 2 nitrogen and oxygen atoms in total. The summed E-state index contributed by atoms with van der Waals surface area (Å²) in [6.45, 7) is 4.21. The van der Waals surface area contributed by atoms with Crippen molar-refractivity contribution in [1.82, 2.24) is 0 Å². The smallest absolute Gasteiger partial charge is 0.120 e. The van der Waals surface area contributed by atoms with Gasteiger partial charge >= 0.3 is 0 Å². The van der Waals surface area contributed by atoms with Gasteiger partial charge in [-0.15, -0.1) is 0 Å². The van der Waals surface area contributed by atoms with E-state index in [1.165, 1.54) is 16.8 Å². The van der Waals surface area contributed by atoms with Crippen LogP contribution in [-0.2, 0) is 0 Å². The van der Waals surface area contributed by atoms with Crippen LogP contribution in [0.15, 0.2) is 42.5 Å². The number of methoxy groups -OCH3 is 1. The number of benzene rings is 2. The van der Waals surface area contributed by atoms with Crippen molar-refractivity contribution in [2.24, 2.45) is 0 Å². The molecule has 0 aliphatic carbocycles. The molecule has 0 saturated carbocycles. The van der Waals surface area contributed by atoms with Gasteiger partial charge in [0.15, 0.2) is 0 Å². The Morgan fingerprint density at radius 3 is 2.24 bits per heavy atom. The van der Waals surface area contributed by atoms with Gasteiger partial charge in [-0.3, -0.25) is 0 Å². The number of para-hydroxylation sites is 1. The van der Waals surface area contributed by atoms with Gasteiger partial charge in [0.05, 0.1) is 7.11 Å². The van der Waals surface area contributed by atoms with Gasteiger partial charge in [-0.1, -0.05) is 24.3 Å². The van der Waals surface area contributed by atoms with Crippen molar-refractivity contribution in [3.63, 3.8) is 0 Å². The minimum Gasteiger partial charge on any atom is -0.497 e. The van der Waals surface area contributed by atoms with Gasteiger partial charge < -0.3 is 10.1 Å². The number of nitrogens with one attached hydrogen (secondary N) is 1. The maximum Gasteiger partial charge on any atom is 0.120 e. The predicted molar refractivity (Wildman–Crippen MR) is 72.2 cm³/mol. The predicted octanol–water partition coefficient (Wildman–Crippen LogP) is 4.06. The molecule has 0 heterocycles. The van der Waals surface area contributed by atoms with Crippen molar-refractivity contribution in [2.75, 3.05) is 12.4 Å². The Morgan fingerprint density at radius 2 is 1.59 bits per heavy atom. The Balaban J connectivity index is 2.31. The SMILES string of the molecule is COc1cccc(Nc2c(C)cccc2C)c1. The van der Waals surface area contributed by atoms with Crippen LogP contribution in [0.4, 0.5) is 11.4 Å². The zero-order chi connectivity index (χ0) is 12.3. The number of anilines is 2. The molecule has 0 atom stereocenters. The summed E-state index contributed by atoms with van der Waals surface area (Å²) < 4.78 is 5.21. The maximum atomic E-state index is 5.21. The molecule has 2 aromatic rings. The number of hydrogen-bond acceptors (Lipinski definition) is 2. The van der Waals surface area contributed by atoms with E-state index in [1.807, 2.05) is 24.3 Å². The van der Waals surface area contributed by atoms with Crippen LogP contribution in [0.3, 0.4) is 0 Å². The first kappa shape index (κ1) is 11.5. The first-order valence-corrected chi connectivity index (χ1v) is 5.68. The number of hydrogen-bond donors (Lipinski definition) is 1. The number of ether oxygens (including phenoxy) is 1. The minimum atomic E-state index is 0.862. The molecule has 0 spiro atoms. The lowest BCUT2D eigenvalue weighted by Gasteiger charge is -2.13. The van der Waals surface area contributed by atoms with E-state index in [0.29, 0.717) is 0 Å². The Morgan fingerprint density at radius 1 is 0.941 bits per heavy atom. The van der Waals surface area contributed by atoms with Crippen molar-refractivity contribution >= 4 is 11.4 Å². The first-order valence-electron chi connectivity index (χ1n) is 5.68. The van der Waals surface area contributed by atoms with Crippen LogP contribution in [0, 0.1) is 13.8 Å². The lowest BCUT2D eigenvalue weighted by atomic mass is 10.1. The van der Waals surface area contributed by atoms with Crippen molar-refractivity contribution in [3.8, 4) is 5.75 Å². The van der Waals surface area contributed by atoms with Crippen molar-refractivity contribution in [2.45, 2.75) is 13.8 Å². The van der Waals surface area contributed by atoms with Crippen LogP contribution < -0.4 is 10.1 Å². The monoisotopic (exact) mass is 227 g/mol. The highest BCUT2D eigenvalue weighted by molar-refractivity contribution is 5.67. The Kier molecular flexibility index (Phi) is 3.33. The standard InChI is InChI=1S/C15H17NO/c1-11-6-4-7-12(2)15(11)16-13-8-5-9-14(10-13)17-3/h4-10,16H,1-3H3. The van der Waals surface area contributed by atoms with E-state index < -0.39 is 0 Å². The van der Waals surface area contributed by atoms with Gasteiger partial charge in [0.2, 0.25) is 0 Å². The third-order valence-electron chi connectivity index (χ3n) is 2.82. The molecule has 0 radical (unpaired) electrons. The average Bonchev–Trinajstić information content (AvgIpc) is 2.34. The molecule has 1 N–H and O–H groups in total. The quantitative estimate of drug-likeness (QED) is 0.853. The van der Waals surface area contributed by atoms with E-state index in [2.05, 4.69) is 37.4 Å². The van der Waals surface area contributed by atoms with Crippen LogP contribution in [0.25, 0.3) is 0 Å². The molecular formula is C15H17NO. The zero-order valence-corrected chi connectivity index (χ0v) is 10.4. The Labute approximate surface area is 102 Å². The fourth-order valence-corrected chi connectivity index (χ4v) is 1.86. The van der Waals surface area contributed by atoms with Gasteiger partial charge in [-0.25, -0.2) is 0 Å². The van der Waals surface area contributed by atoms with Gasteiger partial charge in [-0.05, 0) is 37.1 Å². The summed E-state index contributed by atoms with van der Waals surface area (Å²) in [5.41, 5.74) is 4.70. The Hall–Kier alpha value is -1.96. The molecule has 0 unspecified atom stereocenters. The summed E-state index contributed by atoms with van der Waals surface area (Å²) in [6, 6.07) is 14.2. The lowest BCUT2D eigenvalue weighted by Crippen LogP contribution is -1.96. The summed E-state index contributed by atoms with van der Waals surface area (Å²) in [5.74, 6) is 0.862. The zero-order valence-electron chi connectivity index (χ0n) is 10.4. The minimum absolute atomic E-state index is 0.862. The first-order chi connectivity index (χ1) is 8.20. The van der Waals surface area contributed by atoms with E-state index in [-0.39, 0.29) is 0 Å². The summed E-state index contributed by atoms with van der Waals surface area (Å²) in [6.07, 6.45) is 0. The summed E-state index contributed by atoms with van der Waals surface area (Å²) in [5, 5.41) is 3.44. The van der Waals surface area contributed by atoms with Gasteiger partial charge in [0.1, 0.15) is 5.75 Å². The van der Waals surface area contributed by atoms with Crippen LogP contribution in [0.1, 0.15) is 11.1 Å². The third kappa shape index (κ3) is 2.59. The second kappa shape index (κ2) is 4.91. The second-order valence-electron chi connectivity index (χ2n) is 4.12. The van der Waals surface area contributed by atoms with Crippen molar-refractivity contribution in [3.05, 3.63) is 53.6 Å². The molecule has 88 valence electrons. The molecule has 2 aromatic carbocycles. The normalized spacial score (nSPS) is 10.1. The van der Waals surface area contributed by atoms with Crippen LogP contribution in [0.2, 0.25) is 0 Å². The van der Waals surface area contributed by atoms with Crippen LogP contribution in [-0.4, -0.2) is 7.11 Å². The van der Waals surface area contributed by atoms with E-state index in [4.69, 9.17) is 4.74 Å². The van der Waals surface area contributed by atoms with Gasteiger partial charge in [0.25, 0.3) is 0 Å². The highest BCUT2D eigenvalue weighted by Crippen LogP contribution is 2.26. The molecule has 17 heavy (non-hydrogen) atoms. The summed E-state index contributed by atoms with van der Waals surface area (Å²) in [7, 11) is 1.68. The molecule has 0 amide bonds. The van der Waals surface area contributed by atoms with Crippen LogP contribution in [0.5, 0.6) is 5.75 Å². The largest absolute Gasteiger partial charge is 0.497 e. The fraction of sp³-hybridized carbons (Fsp3) is 0.200. The van der Waals surface area contributed by atoms with Crippen LogP contribution >= 0.6 is 0 Å². The molecule has 2 heteroatoms. The molecular weight excluding hydrogens is 210 g/mol. The molecule has 0 bridgehead atoms. The van der Waals surface area contributed by atoms with E-state index in [9.17, 15) is 0 Å². The van der Waals surface area contributed by atoms with E-state index in [1.54, 1.807) is 7.11 Å².